The topological polar surface area (TPSA) is 90.0 Å². The summed E-state index contributed by atoms with van der Waals surface area (Å²) in [5.74, 6) is 2.07. The molecule has 8 nitrogen and oxygen atoms in total. The third-order valence-electron chi connectivity index (χ3n) is 6.09. The maximum absolute atomic E-state index is 12.6. The van der Waals surface area contributed by atoms with E-state index in [0.717, 1.165) is 53.5 Å². The molecule has 5 rings (SSSR count). The lowest BCUT2D eigenvalue weighted by atomic mass is 10.0. The number of aromatic amines is 1. The average Bonchev–Trinajstić information content (AvgIpc) is 3.43. The lowest BCUT2D eigenvalue weighted by Crippen LogP contribution is -2.36. The second-order valence-corrected chi connectivity index (χ2v) is 8.67. The van der Waals surface area contributed by atoms with Gasteiger partial charge in [-0.05, 0) is 55.3 Å². The summed E-state index contributed by atoms with van der Waals surface area (Å²) >= 11 is 1.33. The number of rotatable bonds is 3. The third kappa shape index (κ3) is 2.99. The van der Waals surface area contributed by atoms with Crippen LogP contribution in [0.1, 0.15) is 18.5 Å². The van der Waals surface area contributed by atoms with Gasteiger partial charge in [-0.1, -0.05) is 0 Å². The highest BCUT2D eigenvalue weighted by Crippen LogP contribution is 2.41. The van der Waals surface area contributed by atoms with Gasteiger partial charge in [-0.15, -0.1) is 0 Å². The quantitative estimate of drug-likeness (QED) is 0.709. The Bertz CT molecular complexity index is 1000. The highest BCUT2D eigenvalue weighted by molar-refractivity contribution is 7.10. The SMILES string of the molecule is Cc1cc(NC(=O)N2C[C@H]3CC(N(C)c4ncnc5[nH]ccc45)C[C@H]3C2)sn1. The molecule has 4 heterocycles. The number of urea groups is 1. The van der Waals surface area contributed by atoms with E-state index in [2.05, 4.69) is 36.6 Å². The first-order valence-electron chi connectivity index (χ1n) is 9.58. The zero-order valence-electron chi connectivity index (χ0n) is 15.9. The summed E-state index contributed by atoms with van der Waals surface area (Å²) in [5, 5.41) is 4.86. The van der Waals surface area contributed by atoms with Crippen molar-refractivity contribution in [3.63, 3.8) is 0 Å². The molecule has 1 aliphatic carbocycles. The fourth-order valence-corrected chi connectivity index (χ4v) is 5.32. The Labute approximate surface area is 167 Å². The zero-order valence-corrected chi connectivity index (χ0v) is 16.7. The number of hydrogen-bond donors (Lipinski definition) is 2. The van der Waals surface area contributed by atoms with E-state index in [1.165, 1.54) is 11.5 Å². The molecule has 1 unspecified atom stereocenters. The number of carbonyl (C=O) groups is 1. The molecular formula is C19H23N7OS. The van der Waals surface area contributed by atoms with Crippen LogP contribution < -0.4 is 10.2 Å². The van der Waals surface area contributed by atoms with Crippen molar-refractivity contribution in [2.24, 2.45) is 11.8 Å². The van der Waals surface area contributed by atoms with Gasteiger partial charge in [0.15, 0.2) is 0 Å². The summed E-state index contributed by atoms with van der Waals surface area (Å²) in [6.07, 6.45) is 5.69. The van der Waals surface area contributed by atoms with Crippen molar-refractivity contribution in [3.05, 3.63) is 30.4 Å². The third-order valence-corrected chi connectivity index (χ3v) is 6.88. The molecule has 1 saturated heterocycles. The van der Waals surface area contributed by atoms with Crippen molar-refractivity contribution < 1.29 is 4.79 Å². The average molecular weight is 398 g/mol. The number of anilines is 2. The number of H-pyrrole nitrogens is 1. The van der Waals surface area contributed by atoms with Crippen LogP contribution in [0, 0.1) is 18.8 Å². The Balaban J connectivity index is 1.23. The van der Waals surface area contributed by atoms with E-state index >= 15 is 0 Å². The summed E-state index contributed by atoms with van der Waals surface area (Å²) in [5.41, 5.74) is 1.81. The van der Waals surface area contributed by atoms with Crippen molar-refractivity contribution in [3.8, 4) is 0 Å². The van der Waals surface area contributed by atoms with Gasteiger partial charge < -0.3 is 14.8 Å². The van der Waals surface area contributed by atoms with Gasteiger partial charge >= 0.3 is 6.03 Å². The van der Waals surface area contributed by atoms with Crippen molar-refractivity contribution >= 4 is 39.4 Å². The molecule has 28 heavy (non-hydrogen) atoms. The highest BCUT2D eigenvalue weighted by Gasteiger charge is 2.44. The van der Waals surface area contributed by atoms with Crippen LogP contribution in [0.3, 0.4) is 0 Å². The minimum atomic E-state index is -0.00668. The van der Waals surface area contributed by atoms with Gasteiger partial charge in [0.2, 0.25) is 0 Å². The molecule has 146 valence electrons. The normalized spacial score (nSPS) is 23.9. The van der Waals surface area contributed by atoms with Crippen molar-refractivity contribution in [2.75, 3.05) is 30.4 Å². The van der Waals surface area contributed by atoms with Crippen LogP contribution in [-0.4, -0.2) is 56.4 Å². The zero-order chi connectivity index (χ0) is 19.3. The molecule has 2 fully saturated rings. The Morgan fingerprint density at radius 3 is 2.82 bits per heavy atom. The summed E-state index contributed by atoms with van der Waals surface area (Å²) in [6.45, 7) is 3.58. The smallest absolute Gasteiger partial charge is 0.322 e. The number of hydrogen-bond acceptors (Lipinski definition) is 6. The minimum absolute atomic E-state index is 0.00668. The van der Waals surface area contributed by atoms with Crippen molar-refractivity contribution in [2.45, 2.75) is 25.8 Å². The summed E-state index contributed by atoms with van der Waals surface area (Å²) in [7, 11) is 2.12. The van der Waals surface area contributed by atoms with Gasteiger partial charge in [-0.3, -0.25) is 5.32 Å². The molecule has 3 aromatic rings. The van der Waals surface area contributed by atoms with Gasteiger partial charge in [0.05, 0.1) is 11.1 Å². The Morgan fingerprint density at radius 1 is 1.32 bits per heavy atom. The number of carbonyl (C=O) groups excluding carboxylic acids is 1. The molecule has 0 radical (unpaired) electrons. The molecule has 3 atom stereocenters. The fraction of sp³-hybridized carbons (Fsp3) is 0.474. The monoisotopic (exact) mass is 397 g/mol. The van der Waals surface area contributed by atoms with Gasteiger partial charge in [0.25, 0.3) is 0 Å². The molecule has 1 saturated carbocycles. The van der Waals surface area contributed by atoms with E-state index < -0.39 is 0 Å². The summed E-state index contributed by atoms with van der Waals surface area (Å²) < 4.78 is 4.22. The molecule has 3 aromatic heterocycles. The van der Waals surface area contributed by atoms with E-state index in [0.29, 0.717) is 17.9 Å². The predicted octanol–water partition coefficient (Wildman–Crippen LogP) is 3.10. The standard InChI is InChI=1S/C19H23N7OS/c1-11-5-16(28-24-11)23-19(27)26-8-12-6-14(7-13(12)9-26)25(2)18-15-3-4-20-17(15)21-10-22-18/h3-5,10,12-14H,6-9H2,1-2H3,(H,23,27)(H,20,21,22)/t12-,13+,14?. The summed E-state index contributed by atoms with van der Waals surface area (Å²) in [4.78, 5) is 28.8. The van der Waals surface area contributed by atoms with Crippen LogP contribution in [0.2, 0.25) is 0 Å². The largest absolute Gasteiger partial charge is 0.356 e. The van der Waals surface area contributed by atoms with Crippen LogP contribution >= 0.6 is 11.5 Å². The number of aryl methyl sites for hydroxylation is 1. The number of nitrogens with zero attached hydrogens (tertiary/aromatic N) is 5. The number of fused-ring (bicyclic) bond motifs is 2. The second-order valence-electron chi connectivity index (χ2n) is 7.86. The molecular weight excluding hydrogens is 374 g/mol. The second kappa shape index (κ2) is 6.73. The summed E-state index contributed by atoms with van der Waals surface area (Å²) in [6, 6.07) is 4.38. The van der Waals surface area contributed by atoms with Gasteiger partial charge in [0.1, 0.15) is 22.8 Å². The van der Waals surface area contributed by atoms with Crippen LogP contribution in [0.5, 0.6) is 0 Å². The number of aromatic nitrogens is 4. The minimum Gasteiger partial charge on any atom is -0.356 e. The Kier molecular flexibility index (Phi) is 4.19. The van der Waals surface area contributed by atoms with Gasteiger partial charge in [-0.25, -0.2) is 14.8 Å². The number of amides is 2. The van der Waals surface area contributed by atoms with Crippen LogP contribution in [-0.2, 0) is 0 Å². The van der Waals surface area contributed by atoms with E-state index in [4.69, 9.17) is 0 Å². The van der Waals surface area contributed by atoms with E-state index in [1.807, 2.05) is 30.2 Å². The number of nitrogens with one attached hydrogen (secondary N) is 2. The molecule has 0 spiro atoms. The maximum atomic E-state index is 12.6. The molecule has 0 aromatic carbocycles. The molecule has 2 N–H and O–H groups in total. The Morgan fingerprint density at radius 2 is 2.11 bits per heavy atom. The number of likely N-dealkylation sites (tertiary alicyclic amines) is 1. The van der Waals surface area contributed by atoms with Gasteiger partial charge in [0, 0.05) is 32.4 Å². The lowest BCUT2D eigenvalue weighted by Gasteiger charge is -2.28. The first-order chi connectivity index (χ1) is 13.6. The first-order valence-corrected chi connectivity index (χ1v) is 10.4. The molecule has 9 heteroatoms. The Hall–Kier alpha value is -2.68. The highest BCUT2D eigenvalue weighted by atomic mass is 32.1. The molecule has 1 aliphatic heterocycles. The molecule has 2 aliphatic rings. The van der Waals surface area contributed by atoms with E-state index in [9.17, 15) is 4.79 Å². The lowest BCUT2D eigenvalue weighted by molar-refractivity contribution is 0.218. The van der Waals surface area contributed by atoms with Crippen molar-refractivity contribution in [1.29, 1.82) is 0 Å². The molecule has 0 bridgehead atoms. The van der Waals surface area contributed by atoms with Crippen molar-refractivity contribution in [1.82, 2.24) is 24.2 Å². The van der Waals surface area contributed by atoms with E-state index in [1.54, 1.807) is 6.33 Å². The van der Waals surface area contributed by atoms with E-state index in [-0.39, 0.29) is 6.03 Å². The predicted molar refractivity (Wildman–Crippen MR) is 110 cm³/mol. The fourth-order valence-electron chi connectivity index (χ4n) is 4.67. The first kappa shape index (κ1) is 17.4. The van der Waals surface area contributed by atoms with Crippen LogP contribution in [0.15, 0.2) is 24.7 Å². The maximum Gasteiger partial charge on any atom is 0.322 e. The van der Waals surface area contributed by atoms with Gasteiger partial charge in [-0.2, -0.15) is 4.37 Å². The van der Waals surface area contributed by atoms with Crippen LogP contribution in [0.4, 0.5) is 15.6 Å². The molecule has 2 amide bonds. The van der Waals surface area contributed by atoms with Crippen LogP contribution in [0.25, 0.3) is 11.0 Å².